The summed E-state index contributed by atoms with van der Waals surface area (Å²) in [7, 11) is 4.38. The number of likely N-dealkylation sites (N-methyl/N-ethyl adjacent to an activating group) is 1. The van der Waals surface area contributed by atoms with Crippen LogP contribution in [0.2, 0.25) is 0 Å². The first-order valence-electron chi connectivity index (χ1n) is 8.31. The van der Waals surface area contributed by atoms with Crippen molar-refractivity contribution >= 4 is 0 Å². The van der Waals surface area contributed by atoms with Gasteiger partial charge in [0.15, 0.2) is 0 Å². The van der Waals surface area contributed by atoms with Crippen molar-refractivity contribution in [3.63, 3.8) is 0 Å². The third-order valence-electron chi connectivity index (χ3n) is 4.95. The summed E-state index contributed by atoms with van der Waals surface area (Å²) in [5.41, 5.74) is -0.0588. The number of piperidine rings is 1. The van der Waals surface area contributed by atoms with Crippen molar-refractivity contribution in [2.75, 3.05) is 46.9 Å². The summed E-state index contributed by atoms with van der Waals surface area (Å²) < 4.78 is 0. The summed E-state index contributed by atoms with van der Waals surface area (Å²) in [5, 5.41) is 13.1. The van der Waals surface area contributed by atoms with Crippen LogP contribution in [0.3, 0.4) is 0 Å². The van der Waals surface area contributed by atoms with E-state index in [2.05, 4.69) is 43.1 Å². The van der Waals surface area contributed by atoms with E-state index in [1.165, 1.54) is 38.9 Å². The maximum atomic E-state index is 9.66. The molecule has 0 radical (unpaired) electrons. The van der Waals surface area contributed by atoms with E-state index in [0.29, 0.717) is 0 Å². The van der Waals surface area contributed by atoms with Crippen LogP contribution < -0.4 is 5.32 Å². The monoisotopic (exact) mass is 285 g/mol. The fourth-order valence-corrected chi connectivity index (χ4v) is 3.31. The molecule has 0 saturated carbocycles. The Bertz CT molecular complexity index is 246. The Morgan fingerprint density at radius 2 is 1.90 bits per heavy atom. The number of likely N-dealkylation sites (tertiary alicyclic amines) is 1. The van der Waals surface area contributed by atoms with E-state index in [1.807, 2.05) is 0 Å². The predicted octanol–water partition coefficient (Wildman–Crippen LogP) is 1.54. The smallest absolute Gasteiger partial charge is 0.0613 e. The van der Waals surface area contributed by atoms with Crippen LogP contribution in [0.25, 0.3) is 0 Å². The van der Waals surface area contributed by atoms with Crippen molar-refractivity contribution in [2.45, 2.75) is 57.5 Å². The summed E-state index contributed by atoms with van der Waals surface area (Å²) >= 11 is 0. The molecule has 1 heterocycles. The van der Waals surface area contributed by atoms with E-state index in [-0.39, 0.29) is 12.1 Å². The van der Waals surface area contributed by atoms with Crippen LogP contribution in [0.4, 0.5) is 0 Å². The minimum Gasteiger partial charge on any atom is -0.394 e. The number of nitrogens with one attached hydrogen (secondary N) is 1. The van der Waals surface area contributed by atoms with Gasteiger partial charge in [0, 0.05) is 11.6 Å². The standard InChI is InChI=1S/C16H35N3O/c1-5-16(14-20,17-6-2)10-7-11-19-12-8-15(9-13-19)18(3)4/h15,17,20H,5-14H2,1-4H3. The summed E-state index contributed by atoms with van der Waals surface area (Å²) in [6, 6.07) is 0.764. The van der Waals surface area contributed by atoms with Gasteiger partial charge < -0.3 is 20.2 Å². The summed E-state index contributed by atoms with van der Waals surface area (Å²) in [6.07, 6.45) is 5.83. The minimum atomic E-state index is -0.0588. The summed E-state index contributed by atoms with van der Waals surface area (Å²) in [6.45, 7) is 9.09. The van der Waals surface area contributed by atoms with Gasteiger partial charge in [0.2, 0.25) is 0 Å². The van der Waals surface area contributed by atoms with Gasteiger partial charge in [-0.25, -0.2) is 0 Å². The van der Waals surface area contributed by atoms with E-state index in [0.717, 1.165) is 25.4 Å². The lowest BCUT2D eigenvalue weighted by atomic mass is 9.91. The van der Waals surface area contributed by atoms with Gasteiger partial charge in [-0.1, -0.05) is 13.8 Å². The number of hydrogen-bond acceptors (Lipinski definition) is 4. The van der Waals surface area contributed by atoms with Crippen LogP contribution in [0.5, 0.6) is 0 Å². The average Bonchev–Trinajstić information content (AvgIpc) is 2.47. The van der Waals surface area contributed by atoms with Gasteiger partial charge >= 0.3 is 0 Å². The fraction of sp³-hybridized carbons (Fsp3) is 1.00. The quantitative estimate of drug-likeness (QED) is 0.674. The highest BCUT2D eigenvalue weighted by Gasteiger charge is 2.26. The first-order valence-corrected chi connectivity index (χ1v) is 8.31. The lowest BCUT2D eigenvalue weighted by Gasteiger charge is -2.36. The largest absolute Gasteiger partial charge is 0.394 e. The van der Waals surface area contributed by atoms with Crippen LogP contribution in [0, 0.1) is 0 Å². The minimum absolute atomic E-state index is 0.0588. The zero-order valence-corrected chi connectivity index (χ0v) is 14.0. The van der Waals surface area contributed by atoms with Crippen molar-refractivity contribution < 1.29 is 5.11 Å². The molecule has 0 aliphatic carbocycles. The van der Waals surface area contributed by atoms with Crippen molar-refractivity contribution in [3.8, 4) is 0 Å². The maximum absolute atomic E-state index is 9.66. The Hall–Kier alpha value is -0.160. The van der Waals surface area contributed by atoms with Gasteiger partial charge in [0.25, 0.3) is 0 Å². The highest BCUT2D eigenvalue weighted by molar-refractivity contribution is 4.86. The molecule has 0 aromatic heterocycles. The molecular formula is C16H35N3O. The first-order chi connectivity index (χ1) is 9.56. The molecule has 20 heavy (non-hydrogen) atoms. The maximum Gasteiger partial charge on any atom is 0.0613 e. The number of hydrogen-bond donors (Lipinski definition) is 2. The number of nitrogens with zero attached hydrogens (tertiary/aromatic N) is 2. The van der Waals surface area contributed by atoms with Crippen LogP contribution in [0.15, 0.2) is 0 Å². The lowest BCUT2D eigenvalue weighted by Crippen LogP contribution is -2.48. The Morgan fingerprint density at radius 1 is 1.25 bits per heavy atom. The van der Waals surface area contributed by atoms with Gasteiger partial charge in [-0.15, -0.1) is 0 Å². The molecule has 1 unspecified atom stereocenters. The Balaban J connectivity index is 2.27. The molecule has 0 amide bonds. The average molecular weight is 285 g/mol. The second-order valence-electron chi connectivity index (χ2n) is 6.46. The molecule has 1 fully saturated rings. The normalized spacial score (nSPS) is 21.3. The molecule has 1 rings (SSSR count). The van der Waals surface area contributed by atoms with Gasteiger partial charge in [-0.3, -0.25) is 0 Å². The summed E-state index contributed by atoms with van der Waals surface area (Å²) in [5.74, 6) is 0. The Labute approximate surface area is 125 Å². The van der Waals surface area contributed by atoms with Gasteiger partial charge in [0.1, 0.15) is 0 Å². The molecule has 1 aliphatic rings. The third kappa shape index (κ3) is 5.32. The van der Waals surface area contributed by atoms with Crippen molar-refractivity contribution in [1.82, 2.24) is 15.1 Å². The van der Waals surface area contributed by atoms with E-state index >= 15 is 0 Å². The Kier molecular flexibility index (Phi) is 8.03. The Morgan fingerprint density at radius 3 is 2.35 bits per heavy atom. The molecule has 4 heteroatoms. The molecule has 4 nitrogen and oxygen atoms in total. The number of aliphatic hydroxyl groups is 1. The second-order valence-corrected chi connectivity index (χ2v) is 6.46. The van der Waals surface area contributed by atoms with E-state index < -0.39 is 0 Å². The van der Waals surface area contributed by atoms with Crippen molar-refractivity contribution in [3.05, 3.63) is 0 Å². The molecule has 1 aliphatic heterocycles. The molecular weight excluding hydrogens is 250 g/mol. The van der Waals surface area contributed by atoms with Crippen LogP contribution in [0.1, 0.15) is 46.0 Å². The van der Waals surface area contributed by atoms with Crippen molar-refractivity contribution in [1.29, 1.82) is 0 Å². The molecule has 0 aromatic carbocycles. The number of aliphatic hydroxyl groups excluding tert-OH is 1. The molecule has 2 N–H and O–H groups in total. The fourth-order valence-electron chi connectivity index (χ4n) is 3.31. The summed E-state index contributed by atoms with van der Waals surface area (Å²) in [4.78, 5) is 4.94. The van der Waals surface area contributed by atoms with Gasteiger partial charge in [0.05, 0.1) is 6.61 Å². The SMILES string of the molecule is CCNC(CC)(CO)CCCN1CCC(N(C)C)CC1. The second kappa shape index (κ2) is 8.98. The van der Waals surface area contributed by atoms with Crippen LogP contribution >= 0.6 is 0 Å². The zero-order chi connectivity index (χ0) is 15.0. The molecule has 1 atom stereocenters. The van der Waals surface area contributed by atoms with Crippen LogP contribution in [-0.4, -0.2) is 73.4 Å². The van der Waals surface area contributed by atoms with E-state index in [4.69, 9.17) is 0 Å². The van der Waals surface area contributed by atoms with Gasteiger partial charge in [-0.05, 0) is 72.4 Å². The molecule has 0 spiro atoms. The zero-order valence-electron chi connectivity index (χ0n) is 14.0. The van der Waals surface area contributed by atoms with E-state index in [1.54, 1.807) is 0 Å². The third-order valence-corrected chi connectivity index (χ3v) is 4.95. The number of rotatable bonds is 9. The van der Waals surface area contributed by atoms with Gasteiger partial charge in [-0.2, -0.15) is 0 Å². The predicted molar refractivity (Wildman–Crippen MR) is 86.2 cm³/mol. The molecule has 0 aromatic rings. The molecule has 0 bridgehead atoms. The topological polar surface area (TPSA) is 38.7 Å². The first kappa shape index (κ1) is 17.9. The van der Waals surface area contributed by atoms with E-state index in [9.17, 15) is 5.11 Å². The van der Waals surface area contributed by atoms with Crippen LogP contribution in [-0.2, 0) is 0 Å². The highest BCUT2D eigenvalue weighted by atomic mass is 16.3. The molecule has 120 valence electrons. The highest BCUT2D eigenvalue weighted by Crippen LogP contribution is 2.19. The van der Waals surface area contributed by atoms with Crippen molar-refractivity contribution in [2.24, 2.45) is 0 Å². The lowest BCUT2D eigenvalue weighted by molar-refractivity contribution is 0.122. The molecule has 1 saturated heterocycles.